The van der Waals surface area contributed by atoms with E-state index in [4.69, 9.17) is 4.74 Å². The maximum absolute atomic E-state index is 13.8. The number of hydrogen-bond donors (Lipinski definition) is 4. The van der Waals surface area contributed by atoms with Crippen LogP contribution in [0, 0.1) is 36.2 Å². The molecule has 1 aromatic heterocycles. The van der Waals surface area contributed by atoms with Crippen LogP contribution < -0.4 is 0 Å². The summed E-state index contributed by atoms with van der Waals surface area (Å²) in [7, 11) is 0. The van der Waals surface area contributed by atoms with Crippen molar-refractivity contribution in [2.24, 2.45) is 11.8 Å². The molecule has 2 fully saturated rings. The molecule has 1 saturated carbocycles. The Balaban J connectivity index is 1.48. The average Bonchev–Trinajstić information content (AvgIpc) is 3.41. The van der Waals surface area contributed by atoms with E-state index in [1.54, 1.807) is 0 Å². The lowest BCUT2D eigenvalue weighted by Gasteiger charge is -2.54. The number of benzene rings is 2. The summed E-state index contributed by atoms with van der Waals surface area (Å²) in [5, 5.41) is 51.6. The topological polar surface area (TPSA) is 121 Å². The predicted octanol–water partition coefficient (Wildman–Crippen LogP) is 3.53. The number of aliphatic hydroxyl groups excluding tert-OH is 3. The Bertz CT molecular complexity index is 1360. The van der Waals surface area contributed by atoms with Gasteiger partial charge in [0.15, 0.2) is 17.5 Å². The summed E-state index contributed by atoms with van der Waals surface area (Å²) in [6, 6.07) is 8.03. The molecule has 1 saturated heterocycles. The highest BCUT2D eigenvalue weighted by atomic mass is 32.2. The van der Waals surface area contributed by atoms with Gasteiger partial charge in [0.05, 0.1) is 23.7 Å². The third-order valence-corrected chi connectivity index (χ3v) is 10.0. The van der Waals surface area contributed by atoms with Gasteiger partial charge in [-0.05, 0) is 48.4 Å². The zero-order valence-electron chi connectivity index (χ0n) is 22.2. The van der Waals surface area contributed by atoms with Crippen LogP contribution in [-0.4, -0.2) is 71.4 Å². The first-order chi connectivity index (χ1) is 19.0. The van der Waals surface area contributed by atoms with Crippen LogP contribution in [0.4, 0.5) is 13.2 Å². The van der Waals surface area contributed by atoms with Crippen molar-refractivity contribution in [2.75, 3.05) is 6.61 Å². The number of aromatic nitrogens is 3. The summed E-state index contributed by atoms with van der Waals surface area (Å²) >= 11 is 1.21. The van der Waals surface area contributed by atoms with Gasteiger partial charge in [-0.2, -0.15) is 0 Å². The Kier molecular flexibility index (Phi) is 8.03. The number of ether oxygens (including phenoxy) is 1. The summed E-state index contributed by atoms with van der Waals surface area (Å²) in [6.45, 7) is 5.43. The monoisotopic (exact) mass is 579 g/mol. The SMILES string of the molecule is Cc1ccccc1[C@@H](S[C@@H]1O[C@H](CO)[C@H](O)[C@H](n2cc(-c3cc(F)c(F)c(F)c3)nn2)[C@H]1O)C1(O)C[C@@H](C)[C@@H]1C. The second-order valence-corrected chi connectivity index (χ2v) is 12.1. The lowest BCUT2D eigenvalue weighted by molar-refractivity contribution is -0.179. The molecule has 1 aliphatic carbocycles. The van der Waals surface area contributed by atoms with Crippen LogP contribution in [0.25, 0.3) is 11.3 Å². The molecule has 2 aliphatic rings. The van der Waals surface area contributed by atoms with Gasteiger partial charge in [-0.15, -0.1) is 16.9 Å². The molecule has 4 N–H and O–H groups in total. The largest absolute Gasteiger partial charge is 0.394 e. The fourth-order valence-corrected chi connectivity index (χ4v) is 7.54. The van der Waals surface area contributed by atoms with Crippen molar-refractivity contribution in [1.29, 1.82) is 0 Å². The van der Waals surface area contributed by atoms with Gasteiger partial charge in [0.2, 0.25) is 0 Å². The van der Waals surface area contributed by atoms with Crippen LogP contribution in [0.15, 0.2) is 42.6 Å². The van der Waals surface area contributed by atoms with Crippen molar-refractivity contribution in [3.05, 3.63) is 71.2 Å². The molecule has 9 atom stereocenters. The van der Waals surface area contributed by atoms with Crippen LogP contribution >= 0.6 is 11.8 Å². The highest BCUT2D eigenvalue weighted by Crippen LogP contribution is 2.57. The maximum atomic E-state index is 13.8. The smallest absolute Gasteiger partial charge is 0.194 e. The molecule has 0 spiro atoms. The lowest BCUT2D eigenvalue weighted by Crippen LogP contribution is -2.58. The number of rotatable bonds is 7. The van der Waals surface area contributed by atoms with Gasteiger partial charge >= 0.3 is 0 Å². The Labute approximate surface area is 233 Å². The van der Waals surface area contributed by atoms with Gasteiger partial charge < -0.3 is 25.2 Å². The Hall–Kier alpha value is -2.48. The third-order valence-electron chi connectivity index (χ3n) is 8.43. The van der Waals surface area contributed by atoms with E-state index in [1.807, 2.05) is 38.1 Å². The number of aliphatic hydroxyl groups is 4. The number of thioether (sulfide) groups is 1. The van der Waals surface area contributed by atoms with Crippen LogP contribution in [-0.2, 0) is 4.74 Å². The molecule has 5 rings (SSSR count). The van der Waals surface area contributed by atoms with Crippen LogP contribution in [0.2, 0.25) is 0 Å². The zero-order chi connectivity index (χ0) is 28.9. The van der Waals surface area contributed by atoms with E-state index >= 15 is 0 Å². The van der Waals surface area contributed by atoms with E-state index in [0.29, 0.717) is 12.3 Å². The summed E-state index contributed by atoms with van der Waals surface area (Å²) in [5.74, 6) is -4.14. The van der Waals surface area contributed by atoms with Crippen LogP contribution in [0.5, 0.6) is 0 Å². The Morgan fingerprint density at radius 3 is 2.40 bits per heavy atom. The molecule has 12 heteroatoms. The van der Waals surface area contributed by atoms with Crippen molar-refractivity contribution >= 4 is 11.8 Å². The molecule has 1 aliphatic heterocycles. The molecule has 2 heterocycles. The number of aryl methyl sites for hydroxylation is 1. The summed E-state index contributed by atoms with van der Waals surface area (Å²) < 4.78 is 48.2. The first kappa shape index (κ1) is 29.0. The molecular formula is C28H32F3N3O5S. The molecule has 2 aromatic carbocycles. The van der Waals surface area contributed by atoms with E-state index in [0.717, 1.165) is 27.9 Å². The second-order valence-electron chi connectivity index (χ2n) is 10.9. The summed E-state index contributed by atoms with van der Waals surface area (Å²) in [6.07, 6.45) is -2.09. The number of hydrogen-bond acceptors (Lipinski definition) is 8. The molecule has 0 bridgehead atoms. The van der Waals surface area contributed by atoms with Gasteiger partial charge in [-0.25, -0.2) is 17.9 Å². The lowest BCUT2D eigenvalue weighted by atomic mass is 9.60. The van der Waals surface area contributed by atoms with Gasteiger partial charge in [0.1, 0.15) is 35.5 Å². The van der Waals surface area contributed by atoms with Gasteiger partial charge in [0.25, 0.3) is 0 Å². The highest BCUT2D eigenvalue weighted by molar-refractivity contribution is 8.00. The number of halogens is 3. The van der Waals surface area contributed by atoms with Crippen LogP contribution in [0.1, 0.15) is 42.7 Å². The molecule has 216 valence electrons. The normalized spacial score (nSPS) is 33.0. The molecule has 3 aromatic rings. The molecule has 8 nitrogen and oxygen atoms in total. The van der Waals surface area contributed by atoms with Crippen molar-refractivity contribution in [3.8, 4) is 11.3 Å². The Morgan fingerprint density at radius 1 is 1.12 bits per heavy atom. The molecule has 0 amide bonds. The van der Waals surface area contributed by atoms with Crippen molar-refractivity contribution in [3.63, 3.8) is 0 Å². The average molecular weight is 580 g/mol. The highest BCUT2D eigenvalue weighted by Gasteiger charge is 2.56. The zero-order valence-corrected chi connectivity index (χ0v) is 23.0. The van der Waals surface area contributed by atoms with E-state index in [9.17, 15) is 33.6 Å². The third kappa shape index (κ3) is 4.94. The van der Waals surface area contributed by atoms with Crippen molar-refractivity contribution < 1.29 is 38.3 Å². The minimum atomic E-state index is -1.61. The van der Waals surface area contributed by atoms with E-state index in [1.165, 1.54) is 18.0 Å². The Morgan fingerprint density at radius 2 is 1.80 bits per heavy atom. The molecule has 1 unspecified atom stereocenters. The van der Waals surface area contributed by atoms with Gasteiger partial charge in [-0.3, -0.25) is 0 Å². The summed E-state index contributed by atoms with van der Waals surface area (Å²) in [4.78, 5) is 0. The fraction of sp³-hybridized carbons (Fsp3) is 0.500. The van der Waals surface area contributed by atoms with E-state index < -0.39 is 64.7 Å². The van der Waals surface area contributed by atoms with Crippen LogP contribution in [0.3, 0.4) is 0 Å². The van der Waals surface area contributed by atoms with Crippen molar-refractivity contribution in [2.45, 2.75) is 67.8 Å². The maximum Gasteiger partial charge on any atom is 0.194 e. The standard InChI is InChI=1S/C28H32F3N3O5S/c1-13-6-4-5-7-17(13)26(28(38)10-14(2)15(28)3)40-27-25(37)23(24(36)21(12-35)39-27)34-11-20(32-33-34)16-8-18(29)22(31)19(30)9-16/h4-9,11,14-15,21,23-27,35-38H,10,12H2,1-3H3/t14-,15+,21-,23+,24+,25-,26-,27+,28?/m1/s1. The minimum Gasteiger partial charge on any atom is -0.394 e. The minimum absolute atomic E-state index is 0.0159. The first-order valence-corrected chi connectivity index (χ1v) is 14.0. The first-order valence-electron chi connectivity index (χ1n) is 13.1. The number of nitrogens with zero attached hydrogens (tertiary/aromatic N) is 3. The molecule has 40 heavy (non-hydrogen) atoms. The molecular weight excluding hydrogens is 547 g/mol. The van der Waals surface area contributed by atoms with Crippen molar-refractivity contribution in [1.82, 2.24) is 15.0 Å². The fourth-order valence-electron chi connectivity index (χ4n) is 5.78. The predicted molar refractivity (Wildman–Crippen MR) is 142 cm³/mol. The van der Waals surface area contributed by atoms with Gasteiger partial charge in [-0.1, -0.05) is 43.3 Å². The summed E-state index contributed by atoms with van der Waals surface area (Å²) in [5.41, 5.74) is -0.347. The quantitative estimate of drug-likeness (QED) is 0.314. The van der Waals surface area contributed by atoms with E-state index in [2.05, 4.69) is 17.2 Å². The van der Waals surface area contributed by atoms with E-state index in [-0.39, 0.29) is 17.2 Å². The molecule has 0 radical (unpaired) electrons. The second kappa shape index (κ2) is 11.1. The van der Waals surface area contributed by atoms with Gasteiger partial charge in [0, 0.05) is 5.56 Å².